The van der Waals surface area contributed by atoms with Gasteiger partial charge in [0, 0.05) is 12.5 Å². The van der Waals surface area contributed by atoms with Crippen LogP contribution in [-0.4, -0.2) is 31.0 Å². The quantitative estimate of drug-likeness (QED) is 0.716. The number of aromatic nitrogens is 1. The molecule has 0 aliphatic rings. The van der Waals surface area contributed by atoms with Gasteiger partial charge in [-0.25, -0.2) is 13.8 Å². The van der Waals surface area contributed by atoms with Crippen molar-refractivity contribution in [3.05, 3.63) is 16.1 Å². The van der Waals surface area contributed by atoms with Gasteiger partial charge < -0.3 is 9.47 Å². The molecule has 0 atom stereocenters. The Bertz CT molecular complexity index is 345. The van der Waals surface area contributed by atoms with E-state index in [1.807, 2.05) is 0 Å². The number of alkyl halides is 4. The highest BCUT2D eigenvalue weighted by atomic mass is 32.1. The lowest BCUT2D eigenvalue weighted by Crippen LogP contribution is -2.32. The van der Waals surface area contributed by atoms with Gasteiger partial charge in [0.25, 0.3) is 0 Å². The topological polar surface area (TPSA) is 31.4 Å². The van der Waals surface area contributed by atoms with Crippen molar-refractivity contribution in [2.75, 3.05) is 13.7 Å². The fourth-order valence-electron chi connectivity index (χ4n) is 0.967. The summed E-state index contributed by atoms with van der Waals surface area (Å²) in [5.74, 6) is -4.12. The summed E-state index contributed by atoms with van der Waals surface area (Å²) in [4.78, 5) is 4.00. The van der Waals surface area contributed by atoms with Gasteiger partial charge in [0.05, 0.1) is 18.9 Å². The molecule has 0 unspecified atom stereocenters. The van der Waals surface area contributed by atoms with Crippen molar-refractivity contribution in [1.82, 2.24) is 4.98 Å². The van der Waals surface area contributed by atoms with Gasteiger partial charge in [-0.05, 0) is 0 Å². The fourth-order valence-corrected chi connectivity index (χ4v) is 1.68. The molecule has 0 fully saturated rings. The predicted molar refractivity (Wildman–Crippen MR) is 53.4 cm³/mol. The third-order valence-corrected chi connectivity index (χ3v) is 2.60. The number of halogens is 4. The van der Waals surface area contributed by atoms with E-state index in [1.165, 1.54) is 18.4 Å². The Hall–Kier alpha value is -0.730. The zero-order chi connectivity index (χ0) is 12.9. The second-order valence-corrected chi connectivity index (χ2v) is 4.16. The van der Waals surface area contributed by atoms with E-state index in [0.29, 0.717) is 17.3 Å². The zero-order valence-corrected chi connectivity index (χ0v) is 9.78. The molecule has 1 rings (SSSR count). The lowest BCUT2D eigenvalue weighted by atomic mass is 10.4. The number of methoxy groups -OCH3 is 1. The maximum Gasteiger partial charge on any atom is 0.330 e. The van der Waals surface area contributed by atoms with Gasteiger partial charge in [-0.15, -0.1) is 11.3 Å². The Morgan fingerprint density at radius 2 is 2.12 bits per heavy atom. The third kappa shape index (κ3) is 4.57. The number of thiazole rings is 1. The maximum atomic E-state index is 12.5. The molecule has 0 radical (unpaired) electrons. The molecule has 0 N–H and O–H groups in total. The lowest BCUT2D eigenvalue weighted by Gasteiger charge is -2.14. The van der Waals surface area contributed by atoms with Crippen LogP contribution in [0.15, 0.2) is 5.38 Å². The molecular weight excluding hydrogens is 262 g/mol. The van der Waals surface area contributed by atoms with Gasteiger partial charge >= 0.3 is 12.3 Å². The highest BCUT2D eigenvalue weighted by Gasteiger charge is 2.40. The summed E-state index contributed by atoms with van der Waals surface area (Å²) in [5, 5.41) is 2.13. The second kappa shape index (κ2) is 6.27. The van der Waals surface area contributed by atoms with Crippen LogP contribution < -0.4 is 0 Å². The van der Waals surface area contributed by atoms with Crippen LogP contribution in [0.4, 0.5) is 17.6 Å². The Morgan fingerprint density at radius 3 is 2.71 bits per heavy atom. The molecule has 0 spiro atoms. The number of hydrogen-bond acceptors (Lipinski definition) is 4. The second-order valence-electron chi connectivity index (χ2n) is 3.22. The summed E-state index contributed by atoms with van der Waals surface area (Å²) in [6.45, 7) is -1.22. The molecule has 0 aliphatic carbocycles. The highest BCUT2D eigenvalue weighted by Crippen LogP contribution is 2.23. The molecule has 3 nitrogen and oxygen atoms in total. The highest BCUT2D eigenvalue weighted by molar-refractivity contribution is 7.09. The predicted octanol–water partition coefficient (Wildman–Crippen LogP) is 2.71. The van der Waals surface area contributed by atoms with Crippen molar-refractivity contribution in [3.8, 4) is 0 Å². The summed E-state index contributed by atoms with van der Waals surface area (Å²) >= 11 is 1.20. The molecule has 8 heteroatoms. The Morgan fingerprint density at radius 1 is 1.41 bits per heavy atom. The average molecular weight is 273 g/mol. The standard InChI is InChI=1S/C9H11F4NO2S/c1-15-2-6-4-17-7(14-6)3-16-5-9(12,13)8(10)11/h4,8H,2-3,5H2,1H3. The Kier molecular flexibility index (Phi) is 5.29. The molecule has 0 saturated carbocycles. The average Bonchev–Trinajstić information content (AvgIpc) is 2.66. The first-order valence-corrected chi connectivity index (χ1v) is 5.49. The number of nitrogens with zero attached hydrogens (tertiary/aromatic N) is 1. The first-order valence-electron chi connectivity index (χ1n) is 4.61. The third-order valence-electron chi connectivity index (χ3n) is 1.73. The molecule has 0 aliphatic heterocycles. The molecule has 17 heavy (non-hydrogen) atoms. The summed E-state index contributed by atoms with van der Waals surface area (Å²) in [7, 11) is 1.50. The van der Waals surface area contributed by atoms with Crippen molar-refractivity contribution < 1.29 is 27.0 Å². The van der Waals surface area contributed by atoms with Crippen LogP contribution in [0, 0.1) is 0 Å². The van der Waals surface area contributed by atoms with Gasteiger partial charge in [0.1, 0.15) is 11.6 Å². The molecule has 1 heterocycles. The molecule has 0 saturated heterocycles. The minimum absolute atomic E-state index is 0.212. The van der Waals surface area contributed by atoms with Crippen LogP contribution in [0.3, 0.4) is 0 Å². The molecule has 0 aromatic carbocycles. The van der Waals surface area contributed by atoms with Crippen molar-refractivity contribution in [2.45, 2.75) is 25.6 Å². The minimum atomic E-state index is -4.12. The van der Waals surface area contributed by atoms with Gasteiger partial charge in [-0.2, -0.15) is 8.78 Å². The first-order chi connectivity index (χ1) is 7.95. The van der Waals surface area contributed by atoms with Gasteiger partial charge in [0.2, 0.25) is 0 Å². The number of rotatable bonds is 7. The minimum Gasteiger partial charge on any atom is -0.378 e. The normalized spacial score (nSPS) is 12.4. The largest absolute Gasteiger partial charge is 0.378 e. The van der Waals surface area contributed by atoms with Crippen molar-refractivity contribution in [3.63, 3.8) is 0 Å². The molecule has 0 amide bonds. The van der Waals surface area contributed by atoms with Gasteiger partial charge in [-0.3, -0.25) is 0 Å². The van der Waals surface area contributed by atoms with E-state index in [0.717, 1.165) is 0 Å². The van der Waals surface area contributed by atoms with E-state index in [2.05, 4.69) is 9.72 Å². The van der Waals surface area contributed by atoms with Gasteiger partial charge in [0.15, 0.2) is 0 Å². The lowest BCUT2D eigenvalue weighted by molar-refractivity contribution is -0.168. The van der Waals surface area contributed by atoms with E-state index < -0.39 is 19.0 Å². The summed E-state index contributed by atoms with van der Waals surface area (Å²) in [6.07, 6.45) is -3.72. The fraction of sp³-hybridized carbons (Fsp3) is 0.667. The van der Waals surface area contributed by atoms with Crippen LogP contribution >= 0.6 is 11.3 Å². The monoisotopic (exact) mass is 273 g/mol. The van der Waals surface area contributed by atoms with E-state index in [-0.39, 0.29) is 6.61 Å². The smallest absolute Gasteiger partial charge is 0.330 e. The van der Waals surface area contributed by atoms with Gasteiger partial charge in [-0.1, -0.05) is 0 Å². The molecule has 0 bridgehead atoms. The Balaban J connectivity index is 2.35. The first kappa shape index (κ1) is 14.3. The number of hydrogen-bond donors (Lipinski definition) is 0. The van der Waals surface area contributed by atoms with Crippen LogP contribution in [-0.2, 0) is 22.7 Å². The number of ether oxygens (including phenoxy) is 2. The SMILES string of the molecule is COCc1csc(COCC(F)(F)C(F)F)n1. The molecule has 1 aromatic heterocycles. The molecular formula is C9H11F4NO2S. The van der Waals surface area contributed by atoms with Crippen LogP contribution in [0.25, 0.3) is 0 Å². The summed E-state index contributed by atoms with van der Waals surface area (Å²) in [5.41, 5.74) is 0.650. The van der Waals surface area contributed by atoms with E-state index in [9.17, 15) is 17.6 Å². The van der Waals surface area contributed by atoms with Crippen molar-refractivity contribution >= 4 is 11.3 Å². The van der Waals surface area contributed by atoms with E-state index in [1.54, 1.807) is 5.38 Å². The maximum absolute atomic E-state index is 12.5. The van der Waals surface area contributed by atoms with Crippen LogP contribution in [0.1, 0.15) is 10.7 Å². The molecule has 1 aromatic rings. The molecule has 98 valence electrons. The van der Waals surface area contributed by atoms with E-state index >= 15 is 0 Å². The van der Waals surface area contributed by atoms with E-state index in [4.69, 9.17) is 4.74 Å². The summed E-state index contributed by atoms with van der Waals surface area (Å²) < 4.78 is 57.8. The summed E-state index contributed by atoms with van der Waals surface area (Å²) in [6, 6.07) is 0. The van der Waals surface area contributed by atoms with Crippen molar-refractivity contribution in [2.24, 2.45) is 0 Å². The Labute approximate surface area is 99.4 Å². The van der Waals surface area contributed by atoms with Crippen molar-refractivity contribution in [1.29, 1.82) is 0 Å². The van der Waals surface area contributed by atoms with Crippen LogP contribution in [0.2, 0.25) is 0 Å². The van der Waals surface area contributed by atoms with Crippen LogP contribution in [0.5, 0.6) is 0 Å². The zero-order valence-electron chi connectivity index (χ0n) is 8.96.